The van der Waals surface area contributed by atoms with E-state index in [0.29, 0.717) is 53.1 Å². The molecule has 2 aromatic heterocycles. The number of hydrogen-bond acceptors (Lipinski definition) is 5. The lowest BCUT2D eigenvalue weighted by Gasteiger charge is -2.17. The smallest absolute Gasteiger partial charge is 0.254 e. The van der Waals surface area contributed by atoms with E-state index in [9.17, 15) is 17.6 Å². The third-order valence-corrected chi connectivity index (χ3v) is 7.92. The highest BCUT2D eigenvalue weighted by molar-refractivity contribution is 7.91. The summed E-state index contributed by atoms with van der Waals surface area (Å²) in [6, 6.07) is 7.60. The van der Waals surface area contributed by atoms with Gasteiger partial charge in [0.2, 0.25) is 0 Å². The van der Waals surface area contributed by atoms with Crippen LogP contribution in [0, 0.1) is 12.7 Å². The van der Waals surface area contributed by atoms with Gasteiger partial charge in [-0.05, 0) is 44.4 Å². The summed E-state index contributed by atoms with van der Waals surface area (Å²) in [5, 5.41) is 5.20. The van der Waals surface area contributed by atoms with Crippen molar-refractivity contribution < 1.29 is 17.6 Å². The van der Waals surface area contributed by atoms with Crippen molar-refractivity contribution in [1.82, 2.24) is 19.7 Å². The number of aromatic nitrogens is 3. The van der Waals surface area contributed by atoms with Crippen LogP contribution in [0.3, 0.4) is 0 Å². The topological polar surface area (TPSA) is 85.2 Å². The summed E-state index contributed by atoms with van der Waals surface area (Å²) in [6.45, 7) is 3.17. The molecule has 0 saturated carbocycles. The second-order valence-electron chi connectivity index (χ2n) is 8.32. The molecule has 2 aliphatic rings. The summed E-state index contributed by atoms with van der Waals surface area (Å²) < 4.78 is 40.3. The van der Waals surface area contributed by atoms with Crippen molar-refractivity contribution in [3.8, 4) is 11.3 Å². The molecule has 2 saturated heterocycles. The molecule has 7 nitrogen and oxygen atoms in total. The van der Waals surface area contributed by atoms with Gasteiger partial charge < -0.3 is 4.90 Å². The molecular weight excluding hydrogens is 419 g/mol. The van der Waals surface area contributed by atoms with Gasteiger partial charge in [0, 0.05) is 18.7 Å². The lowest BCUT2D eigenvalue weighted by atomic mass is 10.0. The Balaban J connectivity index is 1.74. The Hall–Kier alpha value is -2.81. The fraction of sp³-hybridized carbons (Fsp3) is 0.409. The van der Waals surface area contributed by atoms with Gasteiger partial charge in [0.05, 0.1) is 39.9 Å². The van der Waals surface area contributed by atoms with Gasteiger partial charge in [-0.25, -0.2) is 22.5 Å². The molecule has 0 N–H and O–H groups in total. The lowest BCUT2D eigenvalue weighted by Crippen LogP contribution is -2.28. The third kappa shape index (κ3) is 3.50. The molecule has 3 aromatic rings. The zero-order chi connectivity index (χ0) is 21.8. The van der Waals surface area contributed by atoms with Crippen molar-refractivity contribution in [2.24, 2.45) is 0 Å². The summed E-state index contributed by atoms with van der Waals surface area (Å²) in [6.07, 6.45) is 2.36. The van der Waals surface area contributed by atoms with Crippen LogP contribution < -0.4 is 0 Å². The SMILES string of the molecule is Cc1nn(C2CCS(=O)(=O)C2)c2nc(-c3ccccc3F)cc(C(=O)N3CCCC3)c12. The lowest BCUT2D eigenvalue weighted by molar-refractivity contribution is 0.0794. The number of pyridine rings is 1. The van der Waals surface area contributed by atoms with E-state index in [1.807, 2.05) is 0 Å². The van der Waals surface area contributed by atoms with Crippen molar-refractivity contribution in [2.75, 3.05) is 24.6 Å². The minimum Gasteiger partial charge on any atom is -0.339 e. The minimum absolute atomic E-state index is 0.00969. The van der Waals surface area contributed by atoms with Crippen molar-refractivity contribution >= 4 is 26.8 Å². The predicted molar refractivity (Wildman–Crippen MR) is 115 cm³/mol. The first-order chi connectivity index (χ1) is 14.8. The van der Waals surface area contributed by atoms with Crippen molar-refractivity contribution in [3.63, 3.8) is 0 Å². The largest absolute Gasteiger partial charge is 0.339 e. The van der Waals surface area contributed by atoms with Crippen LogP contribution in [0.5, 0.6) is 0 Å². The number of carbonyl (C=O) groups is 1. The Morgan fingerprint density at radius 3 is 2.61 bits per heavy atom. The van der Waals surface area contributed by atoms with Crippen molar-refractivity contribution in [1.29, 1.82) is 0 Å². The number of carbonyl (C=O) groups excluding carboxylic acids is 1. The molecule has 5 rings (SSSR count). The first kappa shape index (κ1) is 20.1. The van der Waals surface area contributed by atoms with Crippen molar-refractivity contribution in [2.45, 2.75) is 32.2 Å². The summed E-state index contributed by atoms with van der Waals surface area (Å²) >= 11 is 0. The summed E-state index contributed by atoms with van der Waals surface area (Å²) in [5.41, 5.74) is 2.13. The second-order valence-corrected chi connectivity index (χ2v) is 10.5. The number of hydrogen-bond donors (Lipinski definition) is 0. The maximum absolute atomic E-state index is 14.6. The molecule has 2 fully saturated rings. The Morgan fingerprint density at radius 2 is 1.94 bits per heavy atom. The molecule has 0 spiro atoms. The summed E-state index contributed by atoms with van der Waals surface area (Å²) in [5.74, 6) is -0.459. The maximum Gasteiger partial charge on any atom is 0.254 e. The first-order valence-electron chi connectivity index (χ1n) is 10.5. The number of likely N-dealkylation sites (tertiary alicyclic amines) is 1. The second kappa shape index (κ2) is 7.40. The van der Waals surface area contributed by atoms with Gasteiger partial charge in [0.15, 0.2) is 15.5 Å². The third-order valence-electron chi connectivity index (χ3n) is 6.16. The minimum atomic E-state index is -3.14. The van der Waals surface area contributed by atoms with E-state index in [2.05, 4.69) is 10.1 Å². The Labute approximate surface area is 179 Å². The number of nitrogens with zero attached hydrogens (tertiary/aromatic N) is 4. The zero-order valence-corrected chi connectivity index (χ0v) is 18.0. The maximum atomic E-state index is 14.6. The van der Waals surface area contributed by atoms with E-state index < -0.39 is 15.7 Å². The van der Waals surface area contributed by atoms with E-state index in [1.54, 1.807) is 40.8 Å². The van der Waals surface area contributed by atoms with Crippen LogP contribution >= 0.6 is 0 Å². The van der Waals surface area contributed by atoms with E-state index >= 15 is 0 Å². The molecule has 9 heteroatoms. The fourth-order valence-electron chi connectivity index (χ4n) is 4.60. The number of rotatable bonds is 3. The van der Waals surface area contributed by atoms with Gasteiger partial charge in [0.25, 0.3) is 5.91 Å². The molecule has 0 aliphatic carbocycles. The normalized spacial score (nSPS) is 20.6. The predicted octanol–water partition coefficient (Wildman–Crippen LogP) is 3.14. The van der Waals surface area contributed by atoms with Gasteiger partial charge >= 0.3 is 0 Å². The monoisotopic (exact) mass is 442 g/mol. The molecule has 1 atom stereocenters. The van der Waals surface area contributed by atoms with Crippen LogP contribution in [0.25, 0.3) is 22.3 Å². The van der Waals surface area contributed by atoms with Crippen LogP contribution in [0.2, 0.25) is 0 Å². The molecule has 1 amide bonds. The van der Waals surface area contributed by atoms with E-state index in [0.717, 1.165) is 12.8 Å². The van der Waals surface area contributed by atoms with E-state index in [4.69, 9.17) is 0 Å². The van der Waals surface area contributed by atoms with Crippen LogP contribution in [0.15, 0.2) is 30.3 Å². The van der Waals surface area contributed by atoms with Gasteiger partial charge in [-0.1, -0.05) is 12.1 Å². The quantitative estimate of drug-likeness (QED) is 0.622. The van der Waals surface area contributed by atoms with Crippen LogP contribution in [-0.2, 0) is 9.84 Å². The van der Waals surface area contributed by atoms with Crippen LogP contribution in [0.4, 0.5) is 4.39 Å². The van der Waals surface area contributed by atoms with Crippen LogP contribution in [-0.4, -0.2) is 58.6 Å². The first-order valence-corrected chi connectivity index (χ1v) is 12.3. The molecule has 31 heavy (non-hydrogen) atoms. The summed E-state index contributed by atoms with van der Waals surface area (Å²) in [4.78, 5) is 19.9. The van der Waals surface area contributed by atoms with E-state index in [-0.39, 0.29) is 23.5 Å². The fourth-order valence-corrected chi connectivity index (χ4v) is 6.29. The number of amides is 1. The molecule has 4 heterocycles. The summed E-state index contributed by atoms with van der Waals surface area (Å²) in [7, 11) is -3.14. The molecule has 0 bridgehead atoms. The average Bonchev–Trinajstić information content (AvgIpc) is 3.47. The number of sulfone groups is 1. The van der Waals surface area contributed by atoms with Gasteiger partial charge in [-0.2, -0.15) is 5.10 Å². The Morgan fingerprint density at radius 1 is 1.19 bits per heavy atom. The highest BCUT2D eigenvalue weighted by atomic mass is 32.2. The van der Waals surface area contributed by atoms with Gasteiger partial charge in [-0.15, -0.1) is 0 Å². The number of aryl methyl sites for hydroxylation is 1. The Bertz CT molecular complexity index is 1300. The molecular formula is C22H23FN4O3S. The Kier molecular flexibility index (Phi) is 4.80. The highest BCUT2D eigenvalue weighted by Crippen LogP contribution is 2.33. The zero-order valence-electron chi connectivity index (χ0n) is 17.2. The number of halogens is 1. The number of benzene rings is 1. The van der Waals surface area contributed by atoms with Gasteiger partial charge in [0.1, 0.15) is 5.82 Å². The molecule has 1 aromatic carbocycles. The molecule has 2 aliphatic heterocycles. The average molecular weight is 443 g/mol. The molecule has 0 radical (unpaired) electrons. The molecule has 162 valence electrons. The van der Waals surface area contributed by atoms with Crippen LogP contribution in [0.1, 0.15) is 41.4 Å². The van der Waals surface area contributed by atoms with Crippen molar-refractivity contribution in [3.05, 3.63) is 47.4 Å². The van der Waals surface area contributed by atoms with Gasteiger partial charge in [-0.3, -0.25) is 4.79 Å². The standard InChI is InChI=1S/C22H23FN4O3S/c1-14-20-17(22(28)26-9-4-5-10-26)12-19(16-6-2-3-7-18(16)23)24-21(20)27(25-14)15-8-11-31(29,30)13-15/h2-3,6-7,12,15H,4-5,8-11,13H2,1H3. The molecule has 1 unspecified atom stereocenters. The number of fused-ring (bicyclic) bond motifs is 1. The highest BCUT2D eigenvalue weighted by Gasteiger charge is 2.33. The van der Waals surface area contributed by atoms with E-state index in [1.165, 1.54) is 6.07 Å².